The molecule has 33 heavy (non-hydrogen) atoms. The molecule has 1 aromatic heterocycles. The van der Waals surface area contributed by atoms with E-state index >= 15 is 0 Å². The maximum atomic E-state index is 13.3. The van der Waals surface area contributed by atoms with Gasteiger partial charge >= 0.3 is 0 Å². The third-order valence-electron chi connectivity index (χ3n) is 5.95. The molecular formula is C27H22N2O4. The molecule has 1 amide bonds. The number of fused-ring (bicyclic) bond motifs is 1. The standard InChI is InChI=1S/C27H22N2O4/c1-28(2)18-12-14-19(15-13-18)29-24(22-11-6-16-33-22)23(26(31)27(29)32)25(30)21-10-5-8-17-7-3-4-9-20(17)21/h3-16,24,30H,1-2H3/b25-23-. The van der Waals surface area contributed by atoms with Crippen LogP contribution in [0.15, 0.2) is 95.1 Å². The van der Waals surface area contributed by atoms with Crippen molar-refractivity contribution in [2.45, 2.75) is 6.04 Å². The minimum absolute atomic E-state index is 0.00277. The van der Waals surface area contributed by atoms with Crippen LogP contribution in [-0.4, -0.2) is 30.9 Å². The van der Waals surface area contributed by atoms with E-state index < -0.39 is 17.7 Å². The summed E-state index contributed by atoms with van der Waals surface area (Å²) in [5.41, 5.74) is 2.00. The summed E-state index contributed by atoms with van der Waals surface area (Å²) in [6.07, 6.45) is 1.49. The van der Waals surface area contributed by atoms with E-state index in [1.807, 2.05) is 67.5 Å². The van der Waals surface area contributed by atoms with Gasteiger partial charge in [-0.2, -0.15) is 0 Å². The van der Waals surface area contributed by atoms with Crippen LogP contribution < -0.4 is 9.80 Å². The van der Waals surface area contributed by atoms with Gasteiger partial charge in [0.2, 0.25) is 0 Å². The average molecular weight is 438 g/mol. The summed E-state index contributed by atoms with van der Waals surface area (Å²) in [4.78, 5) is 29.8. The summed E-state index contributed by atoms with van der Waals surface area (Å²) in [5, 5.41) is 13.1. The second-order valence-electron chi connectivity index (χ2n) is 8.12. The van der Waals surface area contributed by atoms with Gasteiger partial charge in [-0.1, -0.05) is 42.5 Å². The molecule has 5 rings (SSSR count). The first-order valence-corrected chi connectivity index (χ1v) is 10.6. The average Bonchev–Trinajstić information content (AvgIpc) is 3.45. The Balaban J connectivity index is 1.71. The van der Waals surface area contributed by atoms with Gasteiger partial charge in [0.05, 0.1) is 11.8 Å². The fourth-order valence-corrected chi connectivity index (χ4v) is 4.30. The van der Waals surface area contributed by atoms with Gasteiger partial charge in [0.25, 0.3) is 11.7 Å². The van der Waals surface area contributed by atoms with E-state index in [0.717, 1.165) is 16.5 Å². The maximum absolute atomic E-state index is 13.3. The number of carbonyl (C=O) groups is 2. The van der Waals surface area contributed by atoms with Crippen LogP contribution in [-0.2, 0) is 9.59 Å². The molecule has 6 nitrogen and oxygen atoms in total. The molecule has 4 aromatic rings. The minimum Gasteiger partial charge on any atom is -0.507 e. The second-order valence-corrected chi connectivity index (χ2v) is 8.12. The number of Topliss-reactive ketones (excluding diaryl/α,β-unsaturated/α-hetero) is 1. The molecule has 3 aromatic carbocycles. The summed E-state index contributed by atoms with van der Waals surface area (Å²) in [6, 6.07) is 22.9. The Morgan fingerprint density at radius 1 is 0.909 bits per heavy atom. The lowest BCUT2D eigenvalue weighted by atomic mass is 9.96. The number of furan rings is 1. The van der Waals surface area contributed by atoms with Crippen molar-refractivity contribution in [3.05, 3.63) is 102 Å². The Morgan fingerprint density at radius 3 is 2.33 bits per heavy atom. The van der Waals surface area contributed by atoms with E-state index in [2.05, 4.69) is 0 Å². The van der Waals surface area contributed by atoms with Crippen molar-refractivity contribution in [3.8, 4) is 0 Å². The number of benzene rings is 3. The van der Waals surface area contributed by atoms with Crippen LogP contribution >= 0.6 is 0 Å². The molecule has 1 atom stereocenters. The fraction of sp³-hybridized carbons (Fsp3) is 0.111. The van der Waals surface area contributed by atoms with Gasteiger partial charge < -0.3 is 14.4 Å². The number of nitrogens with zero attached hydrogens (tertiary/aromatic N) is 2. The molecule has 0 bridgehead atoms. The molecule has 0 spiro atoms. The predicted octanol–water partition coefficient (Wildman–Crippen LogP) is 5.13. The molecule has 1 aliphatic heterocycles. The zero-order valence-corrected chi connectivity index (χ0v) is 18.2. The Hall–Kier alpha value is -4.32. The number of carbonyl (C=O) groups excluding carboxylic acids is 2. The van der Waals surface area contributed by atoms with E-state index in [1.54, 1.807) is 30.3 Å². The molecule has 0 saturated carbocycles. The molecule has 1 fully saturated rings. The third-order valence-corrected chi connectivity index (χ3v) is 5.95. The van der Waals surface area contributed by atoms with Crippen molar-refractivity contribution < 1.29 is 19.1 Å². The van der Waals surface area contributed by atoms with Gasteiger partial charge in [-0.25, -0.2) is 0 Å². The van der Waals surface area contributed by atoms with E-state index in [0.29, 0.717) is 17.0 Å². The lowest BCUT2D eigenvalue weighted by Gasteiger charge is -2.24. The lowest BCUT2D eigenvalue weighted by Crippen LogP contribution is -2.29. The first kappa shape index (κ1) is 20.6. The summed E-state index contributed by atoms with van der Waals surface area (Å²) in [6.45, 7) is 0. The summed E-state index contributed by atoms with van der Waals surface area (Å²) >= 11 is 0. The summed E-state index contributed by atoms with van der Waals surface area (Å²) in [7, 11) is 3.85. The van der Waals surface area contributed by atoms with E-state index in [-0.39, 0.29) is 11.3 Å². The van der Waals surface area contributed by atoms with Gasteiger partial charge in [-0.3, -0.25) is 14.5 Å². The Kier molecular flexibility index (Phi) is 4.98. The molecular weight excluding hydrogens is 416 g/mol. The quantitative estimate of drug-likeness (QED) is 0.272. The van der Waals surface area contributed by atoms with Gasteiger partial charge in [-0.05, 0) is 47.2 Å². The zero-order valence-electron chi connectivity index (χ0n) is 18.2. The van der Waals surface area contributed by atoms with E-state index in [9.17, 15) is 14.7 Å². The van der Waals surface area contributed by atoms with Crippen LogP contribution in [0.5, 0.6) is 0 Å². The number of aliphatic hydroxyl groups is 1. The molecule has 1 unspecified atom stereocenters. The third kappa shape index (κ3) is 3.36. The topological polar surface area (TPSA) is 74.0 Å². The molecule has 0 radical (unpaired) electrons. The van der Waals surface area contributed by atoms with Crippen LogP contribution in [0.2, 0.25) is 0 Å². The number of ketones is 1. The lowest BCUT2D eigenvalue weighted by molar-refractivity contribution is -0.132. The molecule has 1 N–H and O–H groups in total. The van der Waals surface area contributed by atoms with Gasteiger partial charge in [0.15, 0.2) is 0 Å². The molecule has 1 saturated heterocycles. The maximum Gasteiger partial charge on any atom is 0.300 e. The normalized spacial score (nSPS) is 17.6. The molecule has 6 heteroatoms. The Morgan fingerprint density at radius 2 is 1.64 bits per heavy atom. The van der Waals surface area contributed by atoms with E-state index in [4.69, 9.17) is 4.42 Å². The number of hydrogen-bond donors (Lipinski definition) is 1. The van der Waals surface area contributed by atoms with Crippen LogP contribution in [0.1, 0.15) is 17.4 Å². The molecule has 164 valence electrons. The number of amides is 1. The Bertz CT molecular complexity index is 1380. The van der Waals surface area contributed by atoms with Crippen molar-refractivity contribution in [1.82, 2.24) is 0 Å². The summed E-state index contributed by atoms with van der Waals surface area (Å²) in [5.74, 6) is -1.29. The first-order chi connectivity index (χ1) is 16.0. The molecule has 2 heterocycles. The smallest absolute Gasteiger partial charge is 0.300 e. The van der Waals surface area contributed by atoms with Crippen molar-refractivity contribution in [1.29, 1.82) is 0 Å². The second kappa shape index (κ2) is 7.98. The zero-order chi connectivity index (χ0) is 23.1. The number of hydrogen-bond acceptors (Lipinski definition) is 5. The summed E-state index contributed by atoms with van der Waals surface area (Å²) < 4.78 is 5.63. The highest BCUT2D eigenvalue weighted by atomic mass is 16.3. The number of anilines is 2. The SMILES string of the molecule is CN(C)c1ccc(N2C(=O)C(=O)/C(=C(\O)c3cccc4ccccc34)C2c2ccco2)cc1. The van der Waals surface area contributed by atoms with Crippen molar-refractivity contribution >= 4 is 39.6 Å². The van der Waals surface area contributed by atoms with Gasteiger partial charge in [0.1, 0.15) is 17.6 Å². The van der Waals surface area contributed by atoms with Crippen molar-refractivity contribution in [2.24, 2.45) is 0 Å². The van der Waals surface area contributed by atoms with Gasteiger partial charge in [0, 0.05) is 31.0 Å². The van der Waals surface area contributed by atoms with Crippen LogP contribution in [0, 0.1) is 0 Å². The van der Waals surface area contributed by atoms with E-state index in [1.165, 1.54) is 11.2 Å². The van der Waals surface area contributed by atoms with Gasteiger partial charge in [-0.15, -0.1) is 0 Å². The highest BCUT2D eigenvalue weighted by Crippen LogP contribution is 2.43. The fourth-order valence-electron chi connectivity index (χ4n) is 4.30. The van der Waals surface area contributed by atoms with Crippen molar-refractivity contribution in [2.75, 3.05) is 23.9 Å². The Labute approximate surface area is 191 Å². The number of rotatable bonds is 4. The van der Waals surface area contributed by atoms with Crippen molar-refractivity contribution in [3.63, 3.8) is 0 Å². The first-order valence-electron chi connectivity index (χ1n) is 10.6. The largest absolute Gasteiger partial charge is 0.507 e. The van der Waals surface area contributed by atoms with Crippen LogP contribution in [0.4, 0.5) is 11.4 Å². The highest BCUT2D eigenvalue weighted by molar-refractivity contribution is 6.51. The van der Waals surface area contributed by atoms with Crippen LogP contribution in [0.25, 0.3) is 16.5 Å². The van der Waals surface area contributed by atoms with Crippen LogP contribution in [0.3, 0.4) is 0 Å². The number of aliphatic hydroxyl groups excluding tert-OH is 1. The highest BCUT2D eigenvalue weighted by Gasteiger charge is 2.48. The predicted molar refractivity (Wildman–Crippen MR) is 128 cm³/mol. The monoisotopic (exact) mass is 438 g/mol. The molecule has 1 aliphatic rings. The molecule has 0 aliphatic carbocycles. The minimum atomic E-state index is -0.885.